The van der Waals surface area contributed by atoms with Gasteiger partial charge in [-0.2, -0.15) is 0 Å². The van der Waals surface area contributed by atoms with E-state index in [0.717, 1.165) is 42.3 Å². The standard InChI is InChI=1S/C17H21ClN4O2/c1-12-3-4-14(10-16(12)18)19-17(23)22-7-5-21(6-8-22)11-15-9-13(2)24-20-15/h3-4,9-10H,5-8,11H2,1-2H3,(H,19,23). The number of aryl methyl sites for hydroxylation is 2. The summed E-state index contributed by atoms with van der Waals surface area (Å²) in [6.07, 6.45) is 0. The average Bonchev–Trinajstić information content (AvgIpc) is 2.96. The normalized spacial score (nSPS) is 15.5. The number of anilines is 1. The summed E-state index contributed by atoms with van der Waals surface area (Å²) < 4.78 is 5.09. The monoisotopic (exact) mass is 348 g/mol. The van der Waals surface area contributed by atoms with E-state index < -0.39 is 0 Å². The first-order valence-electron chi connectivity index (χ1n) is 7.98. The van der Waals surface area contributed by atoms with Gasteiger partial charge in [-0.05, 0) is 31.5 Å². The molecular weight excluding hydrogens is 328 g/mol. The van der Waals surface area contributed by atoms with E-state index in [-0.39, 0.29) is 6.03 Å². The van der Waals surface area contributed by atoms with E-state index in [9.17, 15) is 4.79 Å². The van der Waals surface area contributed by atoms with Gasteiger partial charge in [0.15, 0.2) is 0 Å². The van der Waals surface area contributed by atoms with Crippen LogP contribution in [0.25, 0.3) is 0 Å². The highest BCUT2D eigenvalue weighted by Gasteiger charge is 2.22. The average molecular weight is 349 g/mol. The summed E-state index contributed by atoms with van der Waals surface area (Å²) >= 11 is 6.10. The first-order valence-corrected chi connectivity index (χ1v) is 8.36. The number of amides is 2. The molecule has 1 aliphatic rings. The molecule has 0 atom stereocenters. The number of benzene rings is 1. The van der Waals surface area contributed by atoms with Crippen molar-refractivity contribution in [3.05, 3.63) is 46.3 Å². The molecule has 1 aromatic carbocycles. The molecule has 24 heavy (non-hydrogen) atoms. The van der Waals surface area contributed by atoms with E-state index in [1.807, 2.05) is 36.9 Å². The van der Waals surface area contributed by atoms with Crippen molar-refractivity contribution in [2.45, 2.75) is 20.4 Å². The fraction of sp³-hybridized carbons (Fsp3) is 0.412. The predicted octanol–water partition coefficient (Wildman–Crippen LogP) is 3.29. The molecule has 1 aliphatic heterocycles. The third-order valence-corrected chi connectivity index (χ3v) is 4.55. The molecule has 0 radical (unpaired) electrons. The Bertz CT molecular complexity index is 723. The summed E-state index contributed by atoms with van der Waals surface area (Å²) in [7, 11) is 0. The van der Waals surface area contributed by atoms with Crippen LogP contribution < -0.4 is 5.32 Å². The number of hydrogen-bond acceptors (Lipinski definition) is 4. The molecular formula is C17H21ClN4O2. The van der Waals surface area contributed by atoms with Crippen molar-refractivity contribution in [1.82, 2.24) is 15.0 Å². The first kappa shape index (κ1) is 16.8. The van der Waals surface area contributed by atoms with Crippen LogP contribution in [-0.2, 0) is 6.54 Å². The van der Waals surface area contributed by atoms with E-state index in [1.54, 1.807) is 6.07 Å². The van der Waals surface area contributed by atoms with E-state index in [2.05, 4.69) is 15.4 Å². The highest BCUT2D eigenvalue weighted by Crippen LogP contribution is 2.20. The molecule has 2 amide bonds. The van der Waals surface area contributed by atoms with Crippen molar-refractivity contribution in [2.24, 2.45) is 0 Å². The third kappa shape index (κ3) is 4.07. The molecule has 1 N–H and O–H groups in total. The number of halogens is 1. The fourth-order valence-corrected chi connectivity index (χ4v) is 2.88. The van der Waals surface area contributed by atoms with Gasteiger partial charge in [-0.3, -0.25) is 4.90 Å². The van der Waals surface area contributed by atoms with Crippen LogP contribution in [0.3, 0.4) is 0 Å². The zero-order valence-electron chi connectivity index (χ0n) is 13.9. The minimum absolute atomic E-state index is 0.0909. The maximum atomic E-state index is 12.4. The molecule has 0 spiro atoms. The third-order valence-electron chi connectivity index (χ3n) is 4.14. The summed E-state index contributed by atoms with van der Waals surface area (Å²) in [5.41, 5.74) is 2.64. The number of piperazine rings is 1. The molecule has 7 heteroatoms. The van der Waals surface area contributed by atoms with Gasteiger partial charge in [0, 0.05) is 49.5 Å². The van der Waals surface area contributed by atoms with Crippen LogP contribution in [0.1, 0.15) is 17.0 Å². The van der Waals surface area contributed by atoms with Crippen LogP contribution >= 0.6 is 11.6 Å². The van der Waals surface area contributed by atoms with Crippen LogP contribution in [0.4, 0.5) is 10.5 Å². The molecule has 6 nitrogen and oxygen atoms in total. The zero-order chi connectivity index (χ0) is 17.1. The van der Waals surface area contributed by atoms with Crippen molar-refractivity contribution >= 4 is 23.3 Å². The topological polar surface area (TPSA) is 61.6 Å². The van der Waals surface area contributed by atoms with Crippen molar-refractivity contribution in [3.8, 4) is 0 Å². The van der Waals surface area contributed by atoms with Crippen molar-refractivity contribution in [3.63, 3.8) is 0 Å². The summed E-state index contributed by atoms with van der Waals surface area (Å²) in [6.45, 7) is 7.56. The Hall–Kier alpha value is -2.05. The molecule has 128 valence electrons. The lowest BCUT2D eigenvalue weighted by molar-refractivity contribution is 0.141. The Morgan fingerprint density at radius 3 is 2.62 bits per heavy atom. The Kier molecular flexibility index (Phi) is 5.06. The van der Waals surface area contributed by atoms with Crippen molar-refractivity contribution in [2.75, 3.05) is 31.5 Å². The number of hydrogen-bond donors (Lipinski definition) is 1. The van der Waals surface area contributed by atoms with Crippen LogP contribution in [0.5, 0.6) is 0 Å². The lowest BCUT2D eigenvalue weighted by atomic mass is 10.2. The van der Waals surface area contributed by atoms with E-state index in [4.69, 9.17) is 16.1 Å². The largest absolute Gasteiger partial charge is 0.361 e. The Morgan fingerprint density at radius 1 is 1.25 bits per heavy atom. The Balaban J connectivity index is 1.50. The Morgan fingerprint density at radius 2 is 2.00 bits per heavy atom. The predicted molar refractivity (Wildman–Crippen MR) is 93.3 cm³/mol. The smallest absolute Gasteiger partial charge is 0.321 e. The maximum Gasteiger partial charge on any atom is 0.321 e. The molecule has 1 saturated heterocycles. The van der Waals surface area contributed by atoms with Crippen LogP contribution in [0, 0.1) is 13.8 Å². The maximum absolute atomic E-state index is 12.4. The van der Waals surface area contributed by atoms with Gasteiger partial charge in [0.05, 0.1) is 5.69 Å². The molecule has 3 rings (SSSR count). The first-order chi connectivity index (χ1) is 11.5. The highest BCUT2D eigenvalue weighted by atomic mass is 35.5. The number of carbonyl (C=O) groups is 1. The lowest BCUT2D eigenvalue weighted by Crippen LogP contribution is -2.49. The van der Waals surface area contributed by atoms with Gasteiger partial charge >= 0.3 is 6.03 Å². The summed E-state index contributed by atoms with van der Waals surface area (Å²) in [4.78, 5) is 16.4. The minimum atomic E-state index is -0.0909. The number of rotatable bonds is 3. The van der Waals surface area contributed by atoms with Gasteiger partial charge < -0.3 is 14.7 Å². The summed E-state index contributed by atoms with van der Waals surface area (Å²) in [5, 5.41) is 7.57. The molecule has 1 aromatic heterocycles. The van der Waals surface area contributed by atoms with Gasteiger partial charge in [-0.15, -0.1) is 0 Å². The minimum Gasteiger partial charge on any atom is -0.361 e. The summed E-state index contributed by atoms with van der Waals surface area (Å²) in [5.74, 6) is 0.819. The molecule has 0 saturated carbocycles. The van der Waals surface area contributed by atoms with Gasteiger partial charge in [0.25, 0.3) is 0 Å². The second kappa shape index (κ2) is 7.23. The molecule has 2 aromatic rings. The van der Waals surface area contributed by atoms with Gasteiger partial charge in [-0.1, -0.05) is 22.8 Å². The second-order valence-electron chi connectivity index (χ2n) is 6.09. The zero-order valence-corrected chi connectivity index (χ0v) is 14.6. The van der Waals surface area contributed by atoms with Crippen molar-refractivity contribution in [1.29, 1.82) is 0 Å². The molecule has 1 fully saturated rings. The highest BCUT2D eigenvalue weighted by molar-refractivity contribution is 6.31. The number of aromatic nitrogens is 1. The fourth-order valence-electron chi connectivity index (χ4n) is 2.70. The van der Waals surface area contributed by atoms with Gasteiger partial charge in [-0.25, -0.2) is 4.79 Å². The molecule has 0 bridgehead atoms. The van der Waals surface area contributed by atoms with E-state index in [0.29, 0.717) is 18.1 Å². The Labute approximate surface area is 146 Å². The van der Waals surface area contributed by atoms with Crippen LogP contribution in [0.15, 0.2) is 28.8 Å². The molecule has 2 heterocycles. The molecule has 0 unspecified atom stereocenters. The number of urea groups is 1. The SMILES string of the molecule is Cc1cc(CN2CCN(C(=O)Nc3ccc(C)c(Cl)c3)CC2)no1. The van der Waals surface area contributed by atoms with Gasteiger partial charge in [0.2, 0.25) is 0 Å². The van der Waals surface area contributed by atoms with E-state index in [1.165, 1.54) is 0 Å². The second-order valence-corrected chi connectivity index (χ2v) is 6.49. The van der Waals surface area contributed by atoms with Crippen molar-refractivity contribution < 1.29 is 9.32 Å². The quantitative estimate of drug-likeness (QED) is 0.924. The summed E-state index contributed by atoms with van der Waals surface area (Å²) in [6, 6.07) is 7.39. The van der Waals surface area contributed by atoms with Gasteiger partial charge in [0.1, 0.15) is 5.76 Å². The van der Waals surface area contributed by atoms with Crippen LogP contribution in [-0.4, -0.2) is 47.2 Å². The number of carbonyl (C=O) groups excluding carboxylic acids is 1. The van der Waals surface area contributed by atoms with E-state index >= 15 is 0 Å². The molecule has 0 aliphatic carbocycles. The number of nitrogens with zero attached hydrogens (tertiary/aromatic N) is 3. The lowest BCUT2D eigenvalue weighted by Gasteiger charge is -2.34. The number of nitrogens with one attached hydrogen (secondary N) is 1. The van der Waals surface area contributed by atoms with Crippen LogP contribution in [0.2, 0.25) is 5.02 Å².